The predicted octanol–water partition coefficient (Wildman–Crippen LogP) is 6.58. The lowest BCUT2D eigenvalue weighted by Crippen LogP contribution is -2.34. The minimum Gasteiger partial charge on any atom is -0.340 e. The zero-order chi connectivity index (χ0) is 24.7. The number of aromatic nitrogens is 1. The molecule has 1 aliphatic heterocycles. The standard InChI is InChI=1S/C28H26ClFN2O2S/c1-19-7-3-4-8-22(19)18-32-20(2)28(24-9-5-6-10-27(24)32)21-13-15-31(16-14-21)35(33,34)23-11-12-26(30)25(29)17-23/h3-13,17H,14-16,18H2,1-2H3. The van der Waals surface area contributed by atoms with Crippen LogP contribution in [0.2, 0.25) is 5.02 Å². The highest BCUT2D eigenvalue weighted by Gasteiger charge is 2.28. The monoisotopic (exact) mass is 508 g/mol. The summed E-state index contributed by atoms with van der Waals surface area (Å²) in [6.45, 7) is 5.64. The number of nitrogens with zero attached hydrogens (tertiary/aromatic N) is 2. The SMILES string of the molecule is Cc1ccccc1Cn1c(C)c(C2=CCN(S(=O)(=O)c3ccc(F)c(Cl)c3)CC2)c2ccccc21. The Balaban J connectivity index is 1.49. The summed E-state index contributed by atoms with van der Waals surface area (Å²) in [4.78, 5) is 0.00626. The quantitative estimate of drug-likeness (QED) is 0.305. The molecule has 0 unspecified atom stereocenters. The normalized spacial score (nSPS) is 14.9. The maximum Gasteiger partial charge on any atom is 0.243 e. The lowest BCUT2D eigenvalue weighted by Gasteiger charge is -2.26. The van der Waals surface area contributed by atoms with E-state index < -0.39 is 15.8 Å². The Labute approximate surface area is 210 Å². The molecule has 4 aromatic rings. The molecule has 0 aliphatic carbocycles. The molecule has 0 radical (unpaired) electrons. The van der Waals surface area contributed by atoms with Crippen molar-refractivity contribution in [1.29, 1.82) is 0 Å². The fourth-order valence-electron chi connectivity index (χ4n) is 4.88. The van der Waals surface area contributed by atoms with E-state index in [9.17, 15) is 12.8 Å². The number of benzene rings is 3. The van der Waals surface area contributed by atoms with Crippen molar-refractivity contribution in [1.82, 2.24) is 8.87 Å². The van der Waals surface area contributed by atoms with Crippen LogP contribution in [0.3, 0.4) is 0 Å². The van der Waals surface area contributed by atoms with Crippen LogP contribution >= 0.6 is 11.6 Å². The van der Waals surface area contributed by atoms with Gasteiger partial charge in [-0.1, -0.05) is 60.1 Å². The van der Waals surface area contributed by atoms with Crippen LogP contribution in [0.15, 0.2) is 77.7 Å². The minimum atomic E-state index is -3.77. The van der Waals surface area contributed by atoms with E-state index in [-0.39, 0.29) is 16.5 Å². The zero-order valence-electron chi connectivity index (χ0n) is 19.6. The minimum absolute atomic E-state index is 0.00626. The van der Waals surface area contributed by atoms with Gasteiger partial charge in [-0.05, 0) is 61.2 Å². The van der Waals surface area contributed by atoms with Gasteiger partial charge in [-0.2, -0.15) is 4.31 Å². The summed E-state index contributed by atoms with van der Waals surface area (Å²) >= 11 is 5.83. The van der Waals surface area contributed by atoms with Crippen molar-refractivity contribution in [3.63, 3.8) is 0 Å². The molecule has 0 bridgehead atoms. The molecule has 0 atom stereocenters. The van der Waals surface area contributed by atoms with Gasteiger partial charge in [-0.3, -0.25) is 0 Å². The second-order valence-corrected chi connectivity index (χ2v) is 11.3. The number of halogens is 2. The van der Waals surface area contributed by atoms with Gasteiger partial charge in [-0.15, -0.1) is 0 Å². The first-order valence-electron chi connectivity index (χ1n) is 11.5. The molecule has 0 fully saturated rings. The third-order valence-electron chi connectivity index (χ3n) is 6.84. The number of hydrogen-bond acceptors (Lipinski definition) is 2. The first-order valence-corrected chi connectivity index (χ1v) is 13.4. The van der Waals surface area contributed by atoms with Gasteiger partial charge in [0.2, 0.25) is 10.0 Å². The highest BCUT2D eigenvalue weighted by atomic mass is 35.5. The first kappa shape index (κ1) is 23.8. The summed E-state index contributed by atoms with van der Waals surface area (Å²) in [5.74, 6) is -0.635. The molecule has 35 heavy (non-hydrogen) atoms. The van der Waals surface area contributed by atoms with Crippen LogP contribution in [0.5, 0.6) is 0 Å². The second kappa shape index (κ2) is 9.26. The van der Waals surface area contributed by atoms with E-state index in [0.717, 1.165) is 18.2 Å². The van der Waals surface area contributed by atoms with Crippen molar-refractivity contribution in [2.75, 3.05) is 13.1 Å². The number of hydrogen-bond donors (Lipinski definition) is 0. The van der Waals surface area contributed by atoms with Crippen LogP contribution in [-0.2, 0) is 16.6 Å². The largest absolute Gasteiger partial charge is 0.340 e. The number of fused-ring (bicyclic) bond motifs is 1. The van der Waals surface area contributed by atoms with E-state index in [1.165, 1.54) is 49.7 Å². The van der Waals surface area contributed by atoms with Crippen LogP contribution in [-0.4, -0.2) is 30.4 Å². The Bertz CT molecular complexity index is 1570. The summed E-state index contributed by atoms with van der Waals surface area (Å²) in [5.41, 5.74) is 7.19. The van der Waals surface area contributed by atoms with E-state index >= 15 is 0 Å². The predicted molar refractivity (Wildman–Crippen MR) is 140 cm³/mol. The maximum atomic E-state index is 13.5. The summed E-state index contributed by atoms with van der Waals surface area (Å²) in [5, 5.41) is 0.975. The Morgan fingerprint density at radius 1 is 1.00 bits per heavy atom. The molecule has 0 amide bonds. The third kappa shape index (κ3) is 4.31. The molecule has 4 nitrogen and oxygen atoms in total. The van der Waals surface area contributed by atoms with Crippen molar-refractivity contribution < 1.29 is 12.8 Å². The summed E-state index contributed by atoms with van der Waals surface area (Å²) < 4.78 is 43.6. The maximum absolute atomic E-state index is 13.5. The van der Waals surface area contributed by atoms with E-state index in [0.29, 0.717) is 13.0 Å². The van der Waals surface area contributed by atoms with Crippen LogP contribution in [0.1, 0.15) is 28.8 Å². The van der Waals surface area contributed by atoms with Crippen molar-refractivity contribution in [2.24, 2.45) is 0 Å². The number of aryl methyl sites for hydroxylation is 1. The molecular weight excluding hydrogens is 483 g/mol. The molecular formula is C28H26ClFN2O2S. The van der Waals surface area contributed by atoms with Crippen molar-refractivity contribution in [3.8, 4) is 0 Å². The van der Waals surface area contributed by atoms with Crippen LogP contribution < -0.4 is 0 Å². The topological polar surface area (TPSA) is 42.3 Å². The van der Waals surface area contributed by atoms with Gasteiger partial charge in [0.25, 0.3) is 0 Å². The van der Waals surface area contributed by atoms with Gasteiger partial charge in [0.1, 0.15) is 5.82 Å². The molecule has 3 aromatic carbocycles. The van der Waals surface area contributed by atoms with Gasteiger partial charge < -0.3 is 4.57 Å². The Hall–Kier alpha value is -2.93. The molecule has 0 spiro atoms. The fourth-order valence-corrected chi connectivity index (χ4v) is 6.53. The fraction of sp³-hybridized carbons (Fsp3) is 0.214. The van der Waals surface area contributed by atoms with Gasteiger partial charge >= 0.3 is 0 Å². The molecule has 180 valence electrons. The number of sulfonamides is 1. The first-order chi connectivity index (χ1) is 16.8. The van der Waals surface area contributed by atoms with Crippen LogP contribution in [0.4, 0.5) is 4.39 Å². The number of para-hydroxylation sites is 1. The van der Waals surface area contributed by atoms with Gasteiger partial charge in [0, 0.05) is 41.8 Å². The summed E-state index contributed by atoms with van der Waals surface area (Å²) in [6.07, 6.45) is 2.59. The molecule has 7 heteroatoms. The molecule has 2 heterocycles. The lowest BCUT2D eigenvalue weighted by atomic mass is 9.97. The lowest BCUT2D eigenvalue weighted by molar-refractivity contribution is 0.441. The van der Waals surface area contributed by atoms with Gasteiger partial charge in [0.05, 0.1) is 9.92 Å². The summed E-state index contributed by atoms with van der Waals surface area (Å²) in [7, 11) is -3.77. The smallest absolute Gasteiger partial charge is 0.243 e. The number of rotatable bonds is 5. The average Bonchev–Trinajstić information content (AvgIpc) is 3.13. The zero-order valence-corrected chi connectivity index (χ0v) is 21.2. The van der Waals surface area contributed by atoms with E-state index in [1.54, 1.807) is 0 Å². The molecule has 0 saturated heterocycles. The van der Waals surface area contributed by atoms with Crippen LogP contribution in [0, 0.1) is 19.7 Å². The Morgan fingerprint density at radius 3 is 2.46 bits per heavy atom. The van der Waals surface area contributed by atoms with E-state index in [4.69, 9.17) is 11.6 Å². The Kier molecular flexibility index (Phi) is 6.30. The van der Waals surface area contributed by atoms with Crippen molar-refractivity contribution in [2.45, 2.75) is 31.7 Å². The van der Waals surface area contributed by atoms with E-state index in [2.05, 4.69) is 60.9 Å². The van der Waals surface area contributed by atoms with Gasteiger partial charge in [-0.25, -0.2) is 12.8 Å². The average molecular weight is 509 g/mol. The highest BCUT2D eigenvalue weighted by molar-refractivity contribution is 7.89. The van der Waals surface area contributed by atoms with Gasteiger partial charge in [0.15, 0.2) is 0 Å². The Morgan fingerprint density at radius 2 is 1.74 bits per heavy atom. The highest BCUT2D eigenvalue weighted by Crippen LogP contribution is 2.36. The molecule has 0 saturated carbocycles. The van der Waals surface area contributed by atoms with Crippen molar-refractivity contribution in [3.05, 3.63) is 106 Å². The molecule has 5 rings (SSSR count). The molecule has 0 N–H and O–H groups in total. The van der Waals surface area contributed by atoms with Crippen molar-refractivity contribution >= 4 is 38.1 Å². The molecule has 1 aliphatic rings. The van der Waals surface area contributed by atoms with Crippen LogP contribution in [0.25, 0.3) is 16.5 Å². The second-order valence-electron chi connectivity index (χ2n) is 8.91. The third-order valence-corrected chi connectivity index (χ3v) is 8.99. The van der Waals surface area contributed by atoms with E-state index in [1.807, 2.05) is 12.1 Å². The summed E-state index contributed by atoms with van der Waals surface area (Å²) in [6, 6.07) is 20.3. The molecule has 1 aromatic heterocycles.